The number of aromatic amines is 1. The SMILES string of the molecule is Cc1cccnc1NC(=O)c1cccc2cc[nH]c12. The van der Waals surface area contributed by atoms with Gasteiger partial charge in [0.2, 0.25) is 0 Å². The number of H-pyrrole nitrogens is 1. The number of nitrogens with zero attached hydrogens (tertiary/aromatic N) is 1. The minimum atomic E-state index is -0.158. The van der Waals surface area contributed by atoms with E-state index in [-0.39, 0.29) is 5.91 Å². The second-order valence-electron chi connectivity index (χ2n) is 4.37. The summed E-state index contributed by atoms with van der Waals surface area (Å²) < 4.78 is 0. The largest absolute Gasteiger partial charge is 0.361 e. The van der Waals surface area contributed by atoms with Crippen LogP contribution in [0.5, 0.6) is 0 Å². The molecule has 94 valence electrons. The van der Waals surface area contributed by atoms with Crippen LogP contribution in [-0.4, -0.2) is 15.9 Å². The van der Waals surface area contributed by atoms with Gasteiger partial charge in [0, 0.05) is 17.8 Å². The molecule has 0 bridgehead atoms. The average molecular weight is 251 g/mol. The van der Waals surface area contributed by atoms with Crippen molar-refractivity contribution in [3.05, 3.63) is 59.9 Å². The molecule has 2 aromatic heterocycles. The van der Waals surface area contributed by atoms with E-state index in [0.29, 0.717) is 11.4 Å². The van der Waals surface area contributed by atoms with Crippen molar-refractivity contribution >= 4 is 22.6 Å². The van der Waals surface area contributed by atoms with Crippen LogP contribution < -0.4 is 5.32 Å². The zero-order valence-corrected chi connectivity index (χ0v) is 10.5. The lowest BCUT2D eigenvalue weighted by Crippen LogP contribution is -2.14. The average Bonchev–Trinajstić information content (AvgIpc) is 2.89. The van der Waals surface area contributed by atoms with Crippen LogP contribution in [0.4, 0.5) is 5.82 Å². The van der Waals surface area contributed by atoms with Gasteiger partial charge in [0.05, 0.1) is 11.1 Å². The molecule has 3 rings (SSSR count). The number of benzene rings is 1. The third-order valence-electron chi connectivity index (χ3n) is 3.07. The van der Waals surface area contributed by atoms with E-state index in [9.17, 15) is 4.79 Å². The van der Waals surface area contributed by atoms with Crippen molar-refractivity contribution in [1.29, 1.82) is 0 Å². The summed E-state index contributed by atoms with van der Waals surface area (Å²) in [5.74, 6) is 0.436. The maximum absolute atomic E-state index is 12.3. The number of rotatable bonds is 2. The minimum absolute atomic E-state index is 0.158. The monoisotopic (exact) mass is 251 g/mol. The number of carbonyl (C=O) groups is 1. The lowest BCUT2D eigenvalue weighted by Gasteiger charge is -2.07. The minimum Gasteiger partial charge on any atom is -0.361 e. The predicted octanol–water partition coefficient (Wildman–Crippen LogP) is 3.12. The summed E-state index contributed by atoms with van der Waals surface area (Å²) in [6, 6.07) is 11.3. The van der Waals surface area contributed by atoms with E-state index in [1.807, 2.05) is 43.5 Å². The van der Waals surface area contributed by atoms with Crippen molar-refractivity contribution < 1.29 is 4.79 Å². The fraction of sp³-hybridized carbons (Fsp3) is 0.0667. The normalized spacial score (nSPS) is 10.6. The molecule has 0 saturated heterocycles. The van der Waals surface area contributed by atoms with Crippen molar-refractivity contribution in [1.82, 2.24) is 9.97 Å². The van der Waals surface area contributed by atoms with Gasteiger partial charge in [-0.3, -0.25) is 4.79 Å². The number of anilines is 1. The topological polar surface area (TPSA) is 57.8 Å². The zero-order valence-electron chi connectivity index (χ0n) is 10.5. The van der Waals surface area contributed by atoms with Gasteiger partial charge in [0.25, 0.3) is 5.91 Å². The number of nitrogens with one attached hydrogen (secondary N) is 2. The number of aromatic nitrogens is 2. The van der Waals surface area contributed by atoms with Crippen LogP contribution >= 0.6 is 0 Å². The fourth-order valence-electron chi connectivity index (χ4n) is 2.07. The summed E-state index contributed by atoms with van der Waals surface area (Å²) >= 11 is 0. The van der Waals surface area contributed by atoms with Crippen molar-refractivity contribution in [2.75, 3.05) is 5.32 Å². The number of hydrogen-bond donors (Lipinski definition) is 2. The lowest BCUT2D eigenvalue weighted by molar-refractivity contribution is 0.102. The molecule has 4 heteroatoms. The molecule has 19 heavy (non-hydrogen) atoms. The number of carbonyl (C=O) groups excluding carboxylic acids is 1. The van der Waals surface area contributed by atoms with E-state index in [0.717, 1.165) is 16.5 Å². The van der Waals surface area contributed by atoms with Gasteiger partial charge in [0.1, 0.15) is 5.82 Å². The smallest absolute Gasteiger partial charge is 0.258 e. The van der Waals surface area contributed by atoms with Crippen molar-refractivity contribution in [3.63, 3.8) is 0 Å². The third-order valence-corrected chi connectivity index (χ3v) is 3.07. The summed E-state index contributed by atoms with van der Waals surface area (Å²) in [7, 11) is 0. The van der Waals surface area contributed by atoms with Crippen LogP contribution in [0.1, 0.15) is 15.9 Å². The fourth-order valence-corrected chi connectivity index (χ4v) is 2.07. The summed E-state index contributed by atoms with van der Waals surface area (Å²) in [6.07, 6.45) is 3.49. The van der Waals surface area contributed by atoms with E-state index in [1.54, 1.807) is 12.3 Å². The van der Waals surface area contributed by atoms with Crippen molar-refractivity contribution in [2.24, 2.45) is 0 Å². The highest BCUT2D eigenvalue weighted by Crippen LogP contribution is 2.18. The molecule has 4 nitrogen and oxygen atoms in total. The van der Waals surface area contributed by atoms with Crippen LogP contribution in [0.2, 0.25) is 0 Å². The van der Waals surface area contributed by atoms with E-state index in [2.05, 4.69) is 15.3 Å². The van der Waals surface area contributed by atoms with Crippen molar-refractivity contribution in [3.8, 4) is 0 Å². The van der Waals surface area contributed by atoms with Gasteiger partial charge in [-0.15, -0.1) is 0 Å². The Bertz CT molecular complexity index is 746. The molecule has 0 radical (unpaired) electrons. The van der Waals surface area contributed by atoms with Crippen LogP contribution in [0.15, 0.2) is 48.8 Å². The van der Waals surface area contributed by atoms with E-state index in [4.69, 9.17) is 0 Å². The highest BCUT2D eigenvalue weighted by Gasteiger charge is 2.12. The summed E-state index contributed by atoms with van der Waals surface area (Å²) in [4.78, 5) is 19.6. The molecule has 0 spiro atoms. The summed E-state index contributed by atoms with van der Waals surface area (Å²) in [5.41, 5.74) is 2.40. The van der Waals surface area contributed by atoms with Gasteiger partial charge in [-0.25, -0.2) is 4.98 Å². The second kappa shape index (κ2) is 4.57. The highest BCUT2D eigenvalue weighted by molar-refractivity contribution is 6.11. The second-order valence-corrected chi connectivity index (χ2v) is 4.37. The highest BCUT2D eigenvalue weighted by atomic mass is 16.1. The van der Waals surface area contributed by atoms with Gasteiger partial charge in [-0.05, 0) is 30.7 Å². The number of hydrogen-bond acceptors (Lipinski definition) is 2. The first kappa shape index (κ1) is 11.5. The molecule has 0 saturated carbocycles. The van der Waals surface area contributed by atoms with Gasteiger partial charge in [0.15, 0.2) is 0 Å². The van der Waals surface area contributed by atoms with Gasteiger partial charge in [-0.1, -0.05) is 18.2 Å². The Balaban J connectivity index is 1.97. The molecule has 0 aliphatic rings. The molecule has 0 fully saturated rings. The molecule has 1 aromatic carbocycles. The predicted molar refractivity (Wildman–Crippen MR) is 75.2 cm³/mol. The Labute approximate surface area is 110 Å². The van der Waals surface area contributed by atoms with Crippen LogP contribution in [0.25, 0.3) is 10.9 Å². The Morgan fingerprint density at radius 2 is 2.11 bits per heavy atom. The van der Waals surface area contributed by atoms with Gasteiger partial charge in [-0.2, -0.15) is 0 Å². The molecule has 0 aliphatic heterocycles. The number of pyridine rings is 1. The maximum atomic E-state index is 12.3. The van der Waals surface area contributed by atoms with E-state index in [1.165, 1.54) is 0 Å². The molecule has 0 atom stereocenters. The molecule has 0 aliphatic carbocycles. The third kappa shape index (κ3) is 2.08. The molecule has 2 N–H and O–H groups in total. The summed E-state index contributed by atoms with van der Waals surface area (Å²) in [6.45, 7) is 1.91. The van der Waals surface area contributed by atoms with E-state index >= 15 is 0 Å². The first-order valence-electron chi connectivity index (χ1n) is 6.05. The molecular formula is C15H13N3O. The van der Waals surface area contributed by atoms with Crippen LogP contribution in [0, 0.1) is 6.92 Å². The Morgan fingerprint density at radius 1 is 1.21 bits per heavy atom. The number of aryl methyl sites for hydroxylation is 1. The maximum Gasteiger partial charge on any atom is 0.258 e. The van der Waals surface area contributed by atoms with Crippen LogP contribution in [-0.2, 0) is 0 Å². The van der Waals surface area contributed by atoms with Crippen molar-refractivity contribution in [2.45, 2.75) is 6.92 Å². The Morgan fingerprint density at radius 3 is 2.95 bits per heavy atom. The molecular weight excluding hydrogens is 238 g/mol. The standard InChI is InChI=1S/C15H13N3O/c1-10-4-3-8-17-14(10)18-15(19)12-6-2-5-11-7-9-16-13(11)12/h2-9,16H,1H3,(H,17,18,19). The number of amides is 1. The van der Waals surface area contributed by atoms with Gasteiger partial charge >= 0.3 is 0 Å². The Hall–Kier alpha value is -2.62. The molecule has 0 unspecified atom stereocenters. The first-order valence-corrected chi connectivity index (χ1v) is 6.05. The lowest BCUT2D eigenvalue weighted by atomic mass is 10.1. The van der Waals surface area contributed by atoms with Gasteiger partial charge < -0.3 is 10.3 Å². The molecule has 3 aromatic rings. The number of para-hydroxylation sites is 1. The van der Waals surface area contributed by atoms with Crippen LogP contribution in [0.3, 0.4) is 0 Å². The zero-order chi connectivity index (χ0) is 13.2. The first-order chi connectivity index (χ1) is 9.25. The quantitative estimate of drug-likeness (QED) is 0.735. The Kier molecular flexibility index (Phi) is 2.76. The number of fused-ring (bicyclic) bond motifs is 1. The molecule has 1 amide bonds. The summed E-state index contributed by atoms with van der Waals surface area (Å²) in [5, 5.41) is 3.86. The van der Waals surface area contributed by atoms with E-state index < -0.39 is 0 Å². The molecule has 2 heterocycles.